The molecule has 0 amide bonds. The zero-order valence-electron chi connectivity index (χ0n) is 11.9. The van der Waals surface area contributed by atoms with Gasteiger partial charge in [-0.1, -0.05) is 31.4 Å². The zero-order valence-corrected chi connectivity index (χ0v) is 12.6. The first-order valence-electron chi connectivity index (χ1n) is 7.15. The summed E-state index contributed by atoms with van der Waals surface area (Å²) in [6, 6.07) is 1.81. The van der Waals surface area contributed by atoms with Gasteiger partial charge >= 0.3 is 0 Å². The van der Waals surface area contributed by atoms with Crippen molar-refractivity contribution in [2.75, 3.05) is 0 Å². The lowest BCUT2D eigenvalue weighted by atomic mass is 9.82. The Morgan fingerprint density at radius 3 is 2.85 bits per heavy atom. The SMILES string of the molecule is CC1CCCC(c2nc(Cl)cc(-c3cnn(C)c3)n2)C1. The van der Waals surface area contributed by atoms with Crippen LogP contribution in [0.4, 0.5) is 0 Å². The molecule has 3 rings (SSSR count). The normalized spacial score (nSPS) is 22.9. The van der Waals surface area contributed by atoms with Crippen molar-refractivity contribution in [1.82, 2.24) is 19.7 Å². The summed E-state index contributed by atoms with van der Waals surface area (Å²) >= 11 is 6.18. The molecule has 4 nitrogen and oxygen atoms in total. The lowest BCUT2D eigenvalue weighted by Crippen LogP contribution is -2.14. The molecule has 2 aromatic heterocycles. The maximum absolute atomic E-state index is 6.18. The second kappa shape index (κ2) is 5.52. The maximum atomic E-state index is 6.18. The van der Waals surface area contributed by atoms with Crippen molar-refractivity contribution in [3.63, 3.8) is 0 Å². The van der Waals surface area contributed by atoms with Crippen LogP contribution < -0.4 is 0 Å². The average molecular weight is 291 g/mol. The Labute approximate surface area is 124 Å². The van der Waals surface area contributed by atoms with Gasteiger partial charge in [0.1, 0.15) is 11.0 Å². The topological polar surface area (TPSA) is 43.6 Å². The van der Waals surface area contributed by atoms with Crippen LogP contribution in [0.3, 0.4) is 0 Å². The molecule has 5 heteroatoms. The fourth-order valence-electron chi connectivity index (χ4n) is 2.99. The van der Waals surface area contributed by atoms with Gasteiger partial charge in [0.15, 0.2) is 0 Å². The summed E-state index contributed by atoms with van der Waals surface area (Å²) in [6.07, 6.45) is 8.65. The van der Waals surface area contributed by atoms with E-state index in [0.717, 1.165) is 35.8 Å². The minimum atomic E-state index is 0.438. The van der Waals surface area contributed by atoms with Crippen molar-refractivity contribution >= 4 is 11.6 Å². The first-order chi connectivity index (χ1) is 9.61. The van der Waals surface area contributed by atoms with Crippen LogP contribution in [0, 0.1) is 5.92 Å². The Balaban J connectivity index is 1.94. The van der Waals surface area contributed by atoms with Crippen molar-refractivity contribution in [3.8, 4) is 11.3 Å². The Morgan fingerprint density at radius 1 is 1.30 bits per heavy atom. The summed E-state index contributed by atoms with van der Waals surface area (Å²) < 4.78 is 1.77. The van der Waals surface area contributed by atoms with Gasteiger partial charge in [-0.05, 0) is 18.8 Å². The smallest absolute Gasteiger partial charge is 0.133 e. The van der Waals surface area contributed by atoms with E-state index in [9.17, 15) is 0 Å². The number of aromatic nitrogens is 4. The Kier molecular flexibility index (Phi) is 3.74. The van der Waals surface area contributed by atoms with E-state index in [-0.39, 0.29) is 0 Å². The molecule has 0 aromatic carbocycles. The molecule has 0 N–H and O–H groups in total. The summed E-state index contributed by atoms with van der Waals surface area (Å²) in [5, 5.41) is 4.71. The van der Waals surface area contributed by atoms with Crippen molar-refractivity contribution in [1.29, 1.82) is 0 Å². The minimum Gasteiger partial charge on any atom is -0.275 e. The first kappa shape index (κ1) is 13.6. The molecule has 2 unspecified atom stereocenters. The van der Waals surface area contributed by atoms with E-state index >= 15 is 0 Å². The molecule has 2 atom stereocenters. The summed E-state index contributed by atoms with van der Waals surface area (Å²) in [4.78, 5) is 9.18. The van der Waals surface area contributed by atoms with Gasteiger partial charge < -0.3 is 0 Å². The van der Waals surface area contributed by atoms with Crippen LogP contribution in [-0.2, 0) is 7.05 Å². The Bertz CT molecular complexity index is 608. The van der Waals surface area contributed by atoms with Gasteiger partial charge in [-0.15, -0.1) is 0 Å². The molecular weight excluding hydrogens is 272 g/mol. The lowest BCUT2D eigenvalue weighted by Gasteiger charge is -2.25. The molecule has 2 aromatic rings. The second-order valence-corrected chi connectivity index (χ2v) is 6.19. The number of aryl methyl sites for hydroxylation is 1. The summed E-state index contributed by atoms with van der Waals surface area (Å²) in [5.74, 6) is 2.08. The molecule has 2 heterocycles. The van der Waals surface area contributed by atoms with Gasteiger partial charge in [0.05, 0.1) is 11.9 Å². The highest BCUT2D eigenvalue weighted by Gasteiger charge is 2.23. The van der Waals surface area contributed by atoms with Gasteiger partial charge in [0, 0.05) is 30.8 Å². The zero-order chi connectivity index (χ0) is 14.1. The van der Waals surface area contributed by atoms with Gasteiger partial charge in [-0.3, -0.25) is 4.68 Å². The van der Waals surface area contributed by atoms with Crippen LogP contribution >= 0.6 is 11.6 Å². The molecule has 0 bridgehead atoms. The van der Waals surface area contributed by atoms with Gasteiger partial charge in [0.2, 0.25) is 0 Å². The third-order valence-electron chi connectivity index (χ3n) is 4.01. The highest BCUT2D eigenvalue weighted by Crippen LogP contribution is 2.35. The Hall–Kier alpha value is -1.42. The van der Waals surface area contributed by atoms with Crippen LogP contribution in [0.2, 0.25) is 5.15 Å². The van der Waals surface area contributed by atoms with Crippen LogP contribution in [0.1, 0.15) is 44.3 Å². The van der Waals surface area contributed by atoms with E-state index in [1.54, 1.807) is 4.68 Å². The first-order valence-corrected chi connectivity index (χ1v) is 7.53. The van der Waals surface area contributed by atoms with Crippen molar-refractivity contribution < 1.29 is 0 Å². The quantitative estimate of drug-likeness (QED) is 0.790. The molecular formula is C15H19ClN4. The molecule has 106 valence electrons. The van der Waals surface area contributed by atoms with Crippen LogP contribution in [-0.4, -0.2) is 19.7 Å². The average Bonchev–Trinajstić information content (AvgIpc) is 2.85. The third kappa shape index (κ3) is 2.85. The molecule has 0 spiro atoms. The molecule has 0 aliphatic heterocycles. The predicted molar refractivity (Wildman–Crippen MR) is 79.6 cm³/mol. The van der Waals surface area contributed by atoms with Gasteiger partial charge in [0.25, 0.3) is 0 Å². The summed E-state index contributed by atoms with van der Waals surface area (Å²) in [5.41, 5.74) is 1.85. The maximum Gasteiger partial charge on any atom is 0.133 e. The third-order valence-corrected chi connectivity index (χ3v) is 4.21. The molecule has 1 saturated carbocycles. The highest BCUT2D eigenvalue weighted by atomic mass is 35.5. The number of halogens is 1. The number of rotatable bonds is 2. The van der Waals surface area contributed by atoms with E-state index in [4.69, 9.17) is 16.6 Å². The predicted octanol–water partition coefficient (Wildman–Crippen LogP) is 3.82. The van der Waals surface area contributed by atoms with Crippen LogP contribution in [0.5, 0.6) is 0 Å². The van der Waals surface area contributed by atoms with E-state index in [2.05, 4.69) is 17.0 Å². The van der Waals surface area contributed by atoms with Gasteiger partial charge in [-0.25, -0.2) is 9.97 Å². The molecule has 1 aliphatic carbocycles. The van der Waals surface area contributed by atoms with Crippen LogP contribution in [0.25, 0.3) is 11.3 Å². The fraction of sp³-hybridized carbons (Fsp3) is 0.533. The molecule has 1 fully saturated rings. The van der Waals surface area contributed by atoms with Crippen LogP contribution in [0.15, 0.2) is 18.5 Å². The minimum absolute atomic E-state index is 0.438. The van der Waals surface area contributed by atoms with Crippen molar-refractivity contribution in [3.05, 3.63) is 29.4 Å². The monoisotopic (exact) mass is 290 g/mol. The van der Waals surface area contributed by atoms with E-state index in [1.807, 2.05) is 25.5 Å². The molecule has 20 heavy (non-hydrogen) atoms. The molecule has 1 aliphatic rings. The van der Waals surface area contributed by atoms with Crippen molar-refractivity contribution in [2.24, 2.45) is 13.0 Å². The highest BCUT2D eigenvalue weighted by molar-refractivity contribution is 6.29. The van der Waals surface area contributed by atoms with E-state index in [0.29, 0.717) is 11.1 Å². The number of hydrogen-bond donors (Lipinski definition) is 0. The lowest BCUT2D eigenvalue weighted by molar-refractivity contribution is 0.335. The Morgan fingerprint density at radius 2 is 2.15 bits per heavy atom. The summed E-state index contributed by atoms with van der Waals surface area (Å²) in [7, 11) is 1.90. The van der Waals surface area contributed by atoms with E-state index < -0.39 is 0 Å². The summed E-state index contributed by atoms with van der Waals surface area (Å²) in [6.45, 7) is 2.30. The standard InChI is InChI=1S/C15H19ClN4/c1-10-4-3-5-11(6-10)15-18-13(7-14(16)19-15)12-8-17-20(2)9-12/h7-11H,3-6H2,1-2H3. The molecule has 0 saturated heterocycles. The number of nitrogens with zero attached hydrogens (tertiary/aromatic N) is 4. The molecule has 0 radical (unpaired) electrons. The van der Waals surface area contributed by atoms with Crippen molar-refractivity contribution in [2.45, 2.75) is 38.5 Å². The number of hydrogen-bond acceptors (Lipinski definition) is 3. The van der Waals surface area contributed by atoms with Gasteiger partial charge in [-0.2, -0.15) is 5.10 Å². The second-order valence-electron chi connectivity index (χ2n) is 5.81. The van der Waals surface area contributed by atoms with E-state index in [1.165, 1.54) is 12.8 Å². The fourth-order valence-corrected chi connectivity index (χ4v) is 3.18. The largest absolute Gasteiger partial charge is 0.275 e.